The number of para-hydroxylation sites is 1. The lowest BCUT2D eigenvalue weighted by atomic mass is 9.95. The molecule has 1 aromatic rings. The molecule has 0 spiro atoms. The van der Waals surface area contributed by atoms with Crippen LogP contribution in [0.15, 0.2) is 18.2 Å². The molecule has 0 radical (unpaired) electrons. The molecule has 1 aromatic carbocycles. The molecule has 2 N–H and O–H groups in total. The normalized spacial score (nSPS) is 21.9. The average molecular weight is 261 g/mol. The van der Waals surface area contributed by atoms with Crippen LogP contribution in [0.3, 0.4) is 0 Å². The lowest BCUT2D eigenvalue weighted by Gasteiger charge is -2.31. The van der Waals surface area contributed by atoms with Gasteiger partial charge in [-0.25, -0.2) is 0 Å². The van der Waals surface area contributed by atoms with Gasteiger partial charge in [-0.2, -0.15) is 0 Å². The van der Waals surface area contributed by atoms with Crippen molar-refractivity contribution in [1.82, 2.24) is 5.32 Å². The lowest BCUT2D eigenvalue weighted by molar-refractivity contribution is 0.200. The molecule has 1 saturated heterocycles. The summed E-state index contributed by atoms with van der Waals surface area (Å²) in [7, 11) is 0. The topological polar surface area (TPSA) is 36.5 Å². The maximum absolute atomic E-state index is 6.12. The van der Waals surface area contributed by atoms with E-state index in [-0.39, 0.29) is 5.41 Å². The number of nitrogens with one attached hydrogen (secondary N) is 2. The van der Waals surface area contributed by atoms with Gasteiger partial charge in [0, 0.05) is 38.1 Å². The quantitative estimate of drug-likeness (QED) is 0.810. The molecule has 0 aliphatic carbocycles. The van der Waals surface area contributed by atoms with Crippen molar-refractivity contribution >= 4 is 11.4 Å². The van der Waals surface area contributed by atoms with Crippen LogP contribution in [0.25, 0.3) is 0 Å². The van der Waals surface area contributed by atoms with E-state index in [4.69, 9.17) is 4.74 Å². The second-order valence-corrected chi connectivity index (χ2v) is 6.20. The molecule has 2 aliphatic heterocycles. The van der Waals surface area contributed by atoms with Crippen molar-refractivity contribution in [3.63, 3.8) is 0 Å². The maximum Gasteiger partial charge on any atom is 0.165 e. The summed E-state index contributed by atoms with van der Waals surface area (Å²) in [5.74, 6) is 1.02. The summed E-state index contributed by atoms with van der Waals surface area (Å²) in [6.07, 6.45) is 0. The second-order valence-electron chi connectivity index (χ2n) is 6.20. The molecule has 19 heavy (non-hydrogen) atoms. The van der Waals surface area contributed by atoms with E-state index in [1.54, 1.807) is 0 Å². The van der Waals surface area contributed by atoms with Crippen molar-refractivity contribution in [2.75, 3.05) is 49.5 Å². The number of rotatable bonds is 1. The molecule has 1 fully saturated rings. The van der Waals surface area contributed by atoms with Crippen molar-refractivity contribution in [1.29, 1.82) is 0 Å². The minimum Gasteiger partial charge on any atom is -0.489 e. The molecule has 0 unspecified atom stereocenters. The molecule has 0 atom stereocenters. The van der Waals surface area contributed by atoms with Gasteiger partial charge in [0.15, 0.2) is 5.75 Å². The van der Waals surface area contributed by atoms with Crippen LogP contribution in [-0.4, -0.2) is 39.3 Å². The molecule has 0 bridgehead atoms. The predicted molar refractivity (Wildman–Crippen MR) is 79.3 cm³/mol. The Morgan fingerprint density at radius 1 is 1.21 bits per heavy atom. The first kappa shape index (κ1) is 12.6. The number of nitrogens with zero attached hydrogens (tertiary/aromatic N) is 1. The number of piperazine rings is 1. The molecule has 0 aromatic heterocycles. The predicted octanol–water partition coefficient (Wildman–Crippen LogP) is 1.93. The third-order valence-electron chi connectivity index (χ3n) is 3.82. The summed E-state index contributed by atoms with van der Waals surface area (Å²) in [6, 6.07) is 6.40. The van der Waals surface area contributed by atoms with Crippen LogP contribution < -0.4 is 20.3 Å². The van der Waals surface area contributed by atoms with E-state index in [0.717, 1.165) is 50.8 Å². The summed E-state index contributed by atoms with van der Waals surface area (Å²) in [5.41, 5.74) is 2.52. The lowest BCUT2D eigenvalue weighted by Crippen LogP contribution is -2.43. The molecule has 2 aliphatic rings. The van der Waals surface area contributed by atoms with E-state index >= 15 is 0 Å². The van der Waals surface area contributed by atoms with Crippen LogP contribution >= 0.6 is 0 Å². The van der Waals surface area contributed by atoms with E-state index in [1.807, 2.05) is 0 Å². The van der Waals surface area contributed by atoms with Crippen LogP contribution in [0.1, 0.15) is 13.8 Å². The number of anilines is 2. The fourth-order valence-electron chi connectivity index (χ4n) is 2.62. The third kappa shape index (κ3) is 2.63. The molecule has 104 valence electrons. The Bertz CT molecular complexity index is 453. The fourth-order valence-corrected chi connectivity index (χ4v) is 2.62. The molecule has 3 rings (SSSR count). The zero-order chi connectivity index (χ0) is 13.3. The molecular weight excluding hydrogens is 238 g/mol. The van der Waals surface area contributed by atoms with Crippen molar-refractivity contribution < 1.29 is 4.74 Å². The first-order valence-electron chi connectivity index (χ1n) is 7.11. The highest BCUT2D eigenvalue weighted by Gasteiger charge is 2.26. The standard InChI is InChI=1S/C15H23N3O/c1-15(2)10-17-12-4-3-5-13(14(12)19-11-15)18-8-6-16-7-9-18/h3-5,16-17H,6-11H2,1-2H3. The summed E-state index contributed by atoms with van der Waals surface area (Å²) in [5, 5.41) is 6.92. The number of hydrogen-bond acceptors (Lipinski definition) is 4. The van der Waals surface area contributed by atoms with Crippen LogP contribution in [0.4, 0.5) is 11.4 Å². The van der Waals surface area contributed by atoms with Crippen LogP contribution in [0, 0.1) is 5.41 Å². The van der Waals surface area contributed by atoms with Gasteiger partial charge in [-0.3, -0.25) is 0 Å². The van der Waals surface area contributed by atoms with Crippen LogP contribution in [-0.2, 0) is 0 Å². The maximum atomic E-state index is 6.12. The molecule has 4 heteroatoms. The van der Waals surface area contributed by atoms with E-state index in [0.29, 0.717) is 0 Å². The summed E-state index contributed by atoms with van der Waals surface area (Å²) in [6.45, 7) is 10.4. The molecule has 0 amide bonds. The van der Waals surface area contributed by atoms with Gasteiger partial charge in [0.05, 0.1) is 18.0 Å². The van der Waals surface area contributed by atoms with E-state index in [9.17, 15) is 0 Å². The Kier molecular flexibility index (Phi) is 3.27. The van der Waals surface area contributed by atoms with E-state index in [2.05, 4.69) is 47.6 Å². The molecule has 2 heterocycles. The summed E-state index contributed by atoms with van der Waals surface area (Å²) < 4.78 is 6.12. The molecular formula is C15H23N3O. The minimum absolute atomic E-state index is 0.166. The van der Waals surface area contributed by atoms with Crippen molar-refractivity contribution in [2.45, 2.75) is 13.8 Å². The van der Waals surface area contributed by atoms with E-state index < -0.39 is 0 Å². The van der Waals surface area contributed by atoms with Crippen molar-refractivity contribution in [2.24, 2.45) is 5.41 Å². The average Bonchev–Trinajstić information content (AvgIpc) is 2.59. The van der Waals surface area contributed by atoms with Gasteiger partial charge < -0.3 is 20.3 Å². The highest BCUT2D eigenvalue weighted by atomic mass is 16.5. The van der Waals surface area contributed by atoms with Crippen molar-refractivity contribution in [3.05, 3.63) is 18.2 Å². The SMILES string of the molecule is CC1(C)CNc2cccc(N3CCNCC3)c2OC1. The number of benzene rings is 1. The first-order valence-corrected chi connectivity index (χ1v) is 7.11. The Morgan fingerprint density at radius 3 is 2.79 bits per heavy atom. The van der Waals surface area contributed by atoms with Gasteiger partial charge in [0.2, 0.25) is 0 Å². The van der Waals surface area contributed by atoms with Gasteiger partial charge >= 0.3 is 0 Å². The van der Waals surface area contributed by atoms with Gasteiger partial charge in [-0.15, -0.1) is 0 Å². The number of hydrogen-bond donors (Lipinski definition) is 2. The Morgan fingerprint density at radius 2 is 2.00 bits per heavy atom. The Labute approximate surface area is 115 Å². The zero-order valence-corrected chi connectivity index (χ0v) is 11.8. The highest BCUT2D eigenvalue weighted by molar-refractivity contribution is 5.72. The largest absolute Gasteiger partial charge is 0.489 e. The smallest absolute Gasteiger partial charge is 0.165 e. The van der Waals surface area contributed by atoms with Crippen LogP contribution in [0.5, 0.6) is 5.75 Å². The Balaban J connectivity index is 1.91. The molecule has 0 saturated carbocycles. The second kappa shape index (κ2) is 4.93. The Hall–Kier alpha value is -1.42. The first-order chi connectivity index (χ1) is 9.16. The van der Waals surface area contributed by atoms with Gasteiger partial charge in [0.25, 0.3) is 0 Å². The van der Waals surface area contributed by atoms with Gasteiger partial charge in [-0.05, 0) is 12.1 Å². The van der Waals surface area contributed by atoms with Crippen molar-refractivity contribution in [3.8, 4) is 5.75 Å². The monoisotopic (exact) mass is 261 g/mol. The summed E-state index contributed by atoms with van der Waals surface area (Å²) >= 11 is 0. The van der Waals surface area contributed by atoms with E-state index in [1.165, 1.54) is 5.69 Å². The zero-order valence-electron chi connectivity index (χ0n) is 11.8. The fraction of sp³-hybridized carbons (Fsp3) is 0.600. The molecule has 4 nitrogen and oxygen atoms in total. The number of ether oxygens (including phenoxy) is 1. The third-order valence-corrected chi connectivity index (χ3v) is 3.82. The number of fused-ring (bicyclic) bond motifs is 1. The highest BCUT2D eigenvalue weighted by Crippen LogP contribution is 2.39. The van der Waals surface area contributed by atoms with Gasteiger partial charge in [-0.1, -0.05) is 19.9 Å². The van der Waals surface area contributed by atoms with Gasteiger partial charge in [0.1, 0.15) is 0 Å². The van der Waals surface area contributed by atoms with Crippen LogP contribution in [0.2, 0.25) is 0 Å². The summed E-state index contributed by atoms with van der Waals surface area (Å²) in [4.78, 5) is 2.41. The minimum atomic E-state index is 0.166.